The number of H-pyrrole nitrogens is 1. The van der Waals surface area contributed by atoms with Crippen LogP contribution in [0.15, 0.2) is 30.6 Å². The van der Waals surface area contributed by atoms with Gasteiger partial charge in [-0.2, -0.15) is 0 Å². The maximum absolute atomic E-state index is 12.5. The Kier molecular flexibility index (Phi) is 5.11. The minimum Gasteiger partial charge on any atom is -0.480 e. The number of amides is 1. The molecule has 2 aromatic rings. The van der Waals surface area contributed by atoms with Crippen molar-refractivity contribution in [2.75, 3.05) is 5.75 Å². The molecule has 3 rings (SSSR count). The van der Waals surface area contributed by atoms with E-state index in [1.54, 1.807) is 0 Å². The number of aromatic nitrogens is 2. The number of aromatic amines is 1. The third-order valence-corrected chi connectivity index (χ3v) is 5.28. The van der Waals surface area contributed by atoms with Crippen molar-refractivity contribution in [1.29, 1.82) is 0 Å². The van der Waals surface area contributed by atoms with E-state index < -0.39 is 12.0 Å². The maximum Gasteiger partial charge on any atom is 0.326 e. The quantitative estimate of drug-likeness (QED) is 0.849. The first kappa shape index (κ1) is 16.9. The summed E-state index contributed by atoms with van der Waals surface area (Å²) in [7, 11) is 0. The lowest BCUT2D eigenvalue weighted by molar-refractivity contribution is -0.150. The fraction of sp³-hybridized carbons (Fsp3) is 0.312. The van der Waals surface area contributed by atoms with Gasteiger partial charge in [-0.1, -0.05) is 29.8 Å². The van der Waals surface area contributed by atoms with E-state index in [9.17, 15) is 14.7 Å². The second-order valence-electron chi connectivity index (χ2n) is 5.49. The van der Waals surface area contributed by atoms with Crippen molar-refractivity contribution in [2.45, 2.75) is 24.8 Å². The summed E-state index contributed by atoms with van der Waals surface area (Å²) in [6.07, 6.45) is 1.76. The van der Waals surface area contributed by atoms with Crippen molar-refractivity contribution in [3.8, 4) is 0 Å². The second-order valence-corrected chi connectivity index (χ2v) is 6.88. The molecule has 8 heteroatoms. The highest BCUT2D eigenvalue weighted by atomic mass is 35.5. The fourth-order valence-electron chi connectivity index (χ4n) is 2.67. The lowest BCUT2D eigenvalue weighted by atomic mass is 10.0. The van der Waals surface area contributed by atoms with Gasteiger partial charge >= 0.3 is 5.97 Å². The van der Waals surface area contributed by atoms with Crippen LogP contribution in [0.3, 0.4) is 0 Å². The molecule has 0 saturated carbocycles. The van der Waals surface area contributed by atoms with Gasteiger partial charge in [0.1, 0.15) is 6.04 Å². The lowest BCUT2D eigenvalue weighted by Crippen LogP contribution is -2.49. The smallest absolute Gasteiger partial charge is 0.326 e. The number of hydrogen-bond acceptors (Lipinski definition) is 4. The van der Waals surface area contributed by atoms with Crippen LogP contribution in [-0.4, -0.2) is 43.6 Å². The van der Waals surface area contributed by atoms with Gasteiger partial charge in [0.2, 0.25) is 5.91 Å². The molecule has 1 aliphatic rings. The molecular weight excluding hydrogens is 350 g/mol. The minimum atomic E-state index is -1.01. The molecule has 126 valence electrons. The van der Waals surface area contributed by atoms with Gasteiger partial charge in [0, 0.05) is 17.2 Å². The number of thioether (sulfide) groups is 1. The summed E-state index contributed by atoms with van der Waals surface area (Å²) in [4.78, 5) is 32.5. The van der Waals surface area contributed by atoms with Gasteiger partial charge in [-0.25, -0.2) is 9.78 Å². The van der Waals surface area contributed by atoms with Crippen molar-refractivity contribution in [1.82, 2.24) is 14.9 Å². The van der Waals surface area contributed by atoms with Crippen LogP contribution >= 0.6 is 23.4 Å². The van der Waals surface area contributed by atoms with Gasteiger partial charge in [0.15, 0.2) is 0 Å². The summed E-state index contributed by atoms with van der Waals surface area (Å²) in [6, 6.07) is 6.61. The van der Waals surface area contributed by atoms with Crippen LogP contribution in [0.25, 0.3) is 0 Å². The molecule has 0 bridgehead atoms. The number of hydrogen-bond donors (Lipinski definition) is 2. The van der Waals surface area contributed by atoms with Crippen molar-refractivity contribution < 1.29 is 14.7 Å². The normalized spacial score (nSPS) is 16.7. The molecule has 2 heterocycles. The number of benzene rings is 1. The zero-order valence-electron chi connectivity index (χ0n) is 12.7. The van der Waals surface area contributed by atoms with Crippen molar-refractivity contribution >= 4 is 35.2 Å². The highest BCUT2D eigenvalue weighted by Crippen LogP contribution is 2.24. The largest absolute Gasteiger partial charge is 0.480 e. The molecule has 0 aliphatic carbocycles. The van der Waals surface area contributed by atoms with E-state index in [2.05, 4.69) is 9.97 Å². The molecular formula is C16H16ClN3O3S. The fourth-order valence-corrected chi connectivity index (χ4v) is 3.86. The van der Waals surface area contributed by atoms with E-state index in [1.807, 2.05) is 24.3 Å². The molecule has 1 amide bonds. The number of halogens is 1. The molecule has 1 atom stereocenters. The Balaban J connectivity index is 1.63. The van der Waals surface area contributed by atoms with Gasteiger partial charge in [-0.15, -0.1) is 11.8 Å². The van der Waals surface area contributed by atoms with Crippen LogP contribution in [0.1, 0.15) is 17.0 Å². The van der Waals surface area contributed by atoms with Crippen molar-refractivity contribution in [3.63, 3.8) is 0 Å². The first-order valence-electron chi connectivity index (χ1n) is 7.41. The van der Waals surface area contributed by atoms with E-state index in [0.717, 1.165) is 17.0 Å². The van der Waals surface area contributed by atoms with E-state index >= 15 is 0 Å². The molecule has 0 spiro atoms. The lowest BCUT2D eigenvalue weighted by Gasteiger charge is -2.32. The Morgan fingerprint density at radius 1 is 1.42 bits per heavy atom. The number of carbonyl (C=O) groups excluding carboxylic acids is 1. The summed E-state index contributed by atoms with van der Waals surface area (Å²) in [6.45, 7) is 0.248. The molecule has 0 fully saturated rings. The van der Waals surface area contributed by atoms with Crippen LogP contribution in [0.2, 0.25) is 5.02 Å². The Labute approximate surface area is 148 Å². The zero-order chi connectivity index (χ0) is 17.1. The van der Waals surface area contributed by atoms with Crippen LogP contribution in [0.5, 0.6) is 0 Å². The molecule has 6 nitrogen and oxygen atoms in total. The van der Waals surface area contributed by atoms with Gasteiger partial charge in [0.05, 0.1) is 30.0 Å². The first-order valence-corrected chi connectivity index (χ1v) is 8.94. The SMILES string of the molecule is O=C(O)[C@H]1Cc2nc[nH]c2CN1C(=O)CSCc1ccccc1Cl. The molecule has 1 aliphatic heterocycles. The molecule has 0 unspecified atom stereocenters. The summed E-state index contributed by atoms with van der Waals surface area (Å²) in [5, 5.41) is 10.1. The summed E-state index contributed by atoms with van der Waals surface area (Å²) >= 11 is 7.52. The summed E-state index contributed by atoms with van der Waals surface area (Å²) in [5.74, 6) is -0.391. The number of imidazole rings is 1. The van der Waals surface area contributed by atoms with Gasteiger partial charge in [0.25, 0.3) is 0 Å². The number of fused-ring (bicyclic) bond motifs is 1. The maximum atomic E-state index is 12.5. The molecule has 2 N–H and O–H groups in total. The highest BCUT2D eigenvalue weighted by Gasteiger charge is 2.35. The van der Waals surface area contributed by atoms with E-state index in [-0.39, 0.29) is 24.6 Å². The average Bonchev–Trinajstić information content (AvgIpc) is 3.02. The van der Waals surface area contributed by atoms with Crippen molar-refractivity contribution in [3.05, 3.63) is 52.6 Å². The van der Waals surface area contributed by atoms with E-state index in [0.29, 0.717) is 10.8 Å². The van der Waals surface area contributed by atoms with Crippen LogP contribution in [0, 0.1) is 0 Å². The van der Waals surface area contributed by atoms with E-state index in [4.69, 9.17) is 11.6 Å². The molecule has 1 aromatic carbocycles. The first-order chi connectivity index (χ1) is 11.6. The molecule has 24 heavy (non-hydrogen) atoms. The number of carboxylic acid groups (broad SMARTS) is 1. The highest BCUT2D eigenvalue weighted by molar-refractivity contribution is 7.99. The third-order valence-electron chi connectivity index (χ3n) is 3.95. The number of nitrogens with zero attached hydrogens (tertiary/aromatic N) is 2. The zero-order valence-corrected chi connectivity index (χ0v) is 14.3. The van der Waals surface area contributed by atoms with Gasteiger partial charge in [-0.05, 0) is 11.6 Å². The monoisotopic (exact) mass is 365 g/mol. The Morgan fingerprint density at radius 3 is 2.96 bits per heavy atom. The Bertz CT molecular complexity index is 765. The number of carbonyl (C=O) groups is 2. The predicted octanol–water partition coefficient (Wildman–Crippen LogP) is 2.33. The van der Waals surface area contributed by atoms with Crippen molar-refractivity contribution in [2.24, 2.45) is 0 Å². The second kappa shape index (κ2) is 7.27. The molecule has 1 aromatic heterocycles. The van der Waals surface area contributed by atoms with Crippen LogP contribution in [0.4, 0.5) is 0 Å². The van der Waals surface area contributed by atoms with Gasteiger partial charge < -0.3 is 15.0 Å². The molecule has 0 saturated heterocycles. The van der Waals surface area contributed by atoms with E-state index in [1.165, 1.54) is 23.0 Å². The predicted molar refractivity (Wildman–Crippen MR) is 91.9 cm³/mol. The average molecular weight is 366 g/mol. The van der Waals surface area contributed by atoms with Gasteiger partial charge in [-0.3, -0.25) is 4.79 Å². The summed E-state index contributed by atoms with van der Waals surface area (Å²) < 4.78 is 0. The standard InChI is InChI=1S/C16H16ClN3O3S/c17-11-4-2-1-3-10(11)7-24-8-15(21)20-6-13-12(18-9-19-13)5-14(20)16(22)23/h1-4,9,14H,5-8H2,(H,18,19)(H,22,23)/t14-/m1/s1. The molecule has 0 radical (unpaired) electrons. The third kappa shape index (κ3) is 3.57. The topological polar surface area (TPSA) is 86.3 Å². The minimum absolute atomic E-state index is 0.195. The number of carboxylic acids is 1. The Morgan fingerprint density at radius 2 is 2.21 bits per heavy atom. The summed E-state index contributed by atoms with van der Waals surface area (Å²) in [5.41, 5.74) is 2.48. The number of aliphatic carboxylic acids is 1. The number of rotatable bonds is 5. The van der Waals surface area contributed by atoms with Crippen LogP contribution in [-0.2, 0) is 28.3 Å². The number of nitrogens with one attached hydrogen (secondary N) is 1. The van der Waals surface area contributed by atoms with Crippen LogP contribution < -0.4 is 0 Å². The Hall–Kier alpha value is -1.99.